The molecule has 0 bridgehead atoms. The average Bonchev–Trinajstić information content (AvgIpc) is 2.16. The molecule has 0 atom stereocenters. The first-order chi connectivity index (χ1) is 6.27. The van der Waals surface area contributed by atoms with Crippen molar-refractivity contribution >= 4 is 11.9 Å². The lowest BCUT2D eigenvalue weighted by molar-refractivity contribution is 1.13. The van der Waals surface area contributed by atoms with Crippen molar-refractivity contribution in [3.8, 4) is 12.3 Å². The third-order valence-corrected chi connectivity index (χ3v) is 1.95. The highest BCUT2D eigenvalue weighted by atomic mass is 14.7. The molecule has 13 heavy (non-hydrogen) atoms. The molecule has 0 unspecified atom stereocenters. The third-order valence-electron chi connectivity index (χ3n) is 1.95. The van der Waals surface area contributed by atoms with Crippen LogP contribution in [0.25, 0.3) is 0 Å². The van der Waals surface area contributed by atoms with Gasteiger partial charge in [-0.15, -0.1) is 6.42 Å². The maximum atomic E-state index is 5.08. The van der Waals surface area contributed by atoms with Crippen molar-refractivity contribution < 1.29 is 0 Å². The van der Waals surface area contributed by atoms with Crippen molar-refractivity contribution in [2.75, 3.05) is 0 Å². The molecule has 1 heteroatoms. The standard InChI is InChI=1S/C12H13N/c1-4-8-13-12-7-6-11(5-2)9-10(12)3/h1,6-9H,5H2,2-3H3. The Kier molecular flexibility index (Phi) is 3.28. The molecular formula is C12H13N. The van der Waals surface area contributed by atoms with E-state index in [0.29, 0.717) is 0 Å². The van der Waals surface area contributed by atoms with Crippen LogP contribution >= 0.6 is 0 Å². The molecule has 1 aromatic rings. The normalized spacial score (nSPS) is 10.2. The van der Waals surface area contributed by atoms with Crippen LogP contribution in [0.5, 0.6) is 0 Å². The number of nitrogens with zero attached hydrogens (tertiary/aromatic N) is 1. The fourth-order valence-electron chi connectivity index (χ4n) is 1.19. The van der Waals surface area contributed by atoms with Crippen LogP contribution in [0.3, 0.4) is 0 Å². The molecule has 0 fully saturated rings. The lowest BCUT2D eigenvalue weighted by Gasteiger charge is -2.01. The summed E-state index contributed by atoms with van der Waals surface area (Å²) in [5, 5.41) is 0. The topological polar surface area (TPSA) is 12.4 Å². The van der Waals surface area contributed by atoms with E-state index in [0.717, 1.165) is 12.1 Å². The minimum atomic E-state index is 0.954. The maximum absolute atomic E-state index is 5.08. The third kappa shape index (κ3) is 2.45. The molecule has 0 N–H and O–H groups in total. The Labute approximate surface area is 79.5 Å². The monoisotopic (exact) mass is 171 g/mol. The van der Waals surface area contributed by atoms with Crippen molar-refractivity contribution in [3.05, 3.63) is 29.3 Å². The molecule has 0 aliphatic rings. The highest BCUT2D eigenvalue weighted by Gasteiger charge is 1.95. The van der Waals surface area contributed by atoms with Gasteiger partial charge < -0.3 is 0 Å². The van der Waals surface area contributed by atoms with Crippen LogP contribution in [-0.2, 0) is 6.42 Å². The summed E-state index contributed by atoms with van der Waals surface area (Å²) in [5.74, 6) is 2.38. The zero-order valence-electron chi connectivity index (χ0n) is 8.04. The van der Waals surface area contributed by atoms with Crippen LogP contribution in [-0.4, -0.2) is 6.21 Å². The zero-order valence-corrected chi connectivity index (χ0v) is 8.04. The molecule has 0 aromatic heterocycles. The van der Waals surface area contributed by atoms with Gasteiger partial charge in [0.2, 0.25) is 0 Å². The average molecular weight is 171 g/mol. The van der Waals surface area contributed by atoms with Gasteiger partial charge in [-0.1, -0.05) is 25.0 Å². The van der Waals surface area contributed by atoms with Crippen LogP contribution in [0.15, 0.2) is 23.2 Å². The summed E-state index contributed by atoms with van der Waals surface area (Å²) >= 11 is 0. The molecule has 0 radical (unpaired) electrons. The molecule has 1 rings (SSSR count). The zero-order chi connectivity index (χ0) is 9.68. The van der Waals surface area contributed by atoms with Gasteiger partial charge in [0.25, 0.3) is 0 Å². The van der Waals surface area contributed by atoms with E-state index in [1.807, 2.05) is 13.0 Å². The van der Waals surface area contributed by atoms with E-state index in [1.165, 1.54) is 17.3 Å². The second kappa shape index (κ2) is 4.47. The molecule has 1 nitrogen and oxygen atoms in total. The van der Waals surface area contributed by atoms with Gasteiger partial charge in [-0.25, -0.2) is 4.99 Å². The van der Waals surface area contributed by atoms with Crippen molar-refractivity contribution in [2.45, 2.75) is 20.3 Å². The van der Waals surface area contributed by atoms with Gasteiger partial charge in [-0.05, 0) is 30.5 Å². The van der Waals surface area contributed by atoms with E-state index in [2.05, 4.69) is 30.0 Å². The Hall–Kier alpha value is -1.55. The summed E-state index contributed by atoms with van der Waals surface area (Å²) in [6.45, 7) is 4.18. The SMILES string of the molecule is C#CC=Nc1ccc(CC)cc1C. The van der Waals surface area contributed by atoms with E-state index in [9.17, 15) is 0 Å². The van der Waals surface area contributed by atoms with Crippen molar-refractivity contribution in [2.24, 2.45) is 4.99 Å². The van der Waals surface area contributed by atoms with Gasteiger partial charge in [0.1, 0.15) is 0 Å². The number of aliphatic imine (C=N–C) groups is 1. The van der Waals surface area contributed by atoms with E-state index in [4.69, 9.17) is 6.42 Å². The first kappa shape index (κ1) is 9.54. The fourth-order valence-corrected chi connectivity index (χ4v) is 1.19. The molecule has 0 saturated heterocycles. The highest BCUT2D eigenvalue weighted by Crippen LogP contribution is 2.19. The predicted molar refractivity (Wildman–Crippen MR) is 57.5 cm³/mol. The second-order valence-electron chi connectivity index (χ2n) is 2.90. The second-order valence-corrected chi connectivity index (χ2v) is 2.90. The number of benzene rings is 1. The molecule has 1 aromatic carbocycles. The molecule has 66 valence electrons. The van der Waals surface area contributed by atoms with E-state index >= 15 is 0 Å². The van der Waals surface area contributed by atoms with Crippen LogP contribution in [0.1, 0.15) is 18.1 Å². The fraction of sp³-hybridized carbons (Fsp3) is 0.250. The largest absolute Gasteiger partial charge is 0.248 e. The van der Waals surface area contributed by atoms with Crippen LogP contribution in [0, 0.1) is 19.3 Å². The van der Waals surface area contributed by atoms with Crippen LogP contribution in [0.4, 0.5) is 5.69 Å². The summed E-state index contributed by atoms with van der Waals surface area (Å²) in [7, 11) is 0. The summed E-state index contributed by atoms with van der Waals surface area (Å²) in [5.41, 5.74) is 3.46. The Balaban J connectivity index is 3.00. The molecule has 0 saturated carbocycles. The first-order valence-electron chi connectivity index (χ1n) is 4.36. The van der Waals surface area contributed by atoms with Crippen molar-refractivity contribution in [3.63, 3.8) is 0 Å². The number of aryl methyl sites for hydroxylation is 2. The smallest absolute Gasteiger partial charge is 0.0771 e. The lowest BCUT2D eigenvalue weighted by Crippen LogP contribution is -1.82. The molecule has 0 heterocycles. The number of hydrogen-bond acceptors (Lipinski definition) is 1. The van der Waals surface area contributed by atoms with Crippen molar-refractivity contribution in [1.29, 1.82) is 0 Å². The molecule has 0 spiro atoms. The summed E-state index contributed by atoms with van der Waals surface area (Å²) < 4.78 is 0. The number of terminal acetylenes is 1. The predicted octanol–water partition coefficient (Wildman–Crippen LogP) is 2.89. The van der Waals surface area contributed by atoms with Crippen LogP contribution in [0.2, 0.25) is 0 Å². The Morgan fingerprint density at radius 1 is 1.54 bits per heavy atom. The lowest BCUT2D eigenvalue weighted by atomic mass is 10.1. The minimum Gasteiger partial charge on any atom is -0.248 e. The van der Waals surface area contributed by atoms with E-state index in [1.54, 1.807) is 0 Å². The van der Waals surface area contributed by atoms with Gasteiger partial charge >= 0.3 is 0 Å². The Morgan fingerprint density at radius 3 is 2.85 bits per heavy atom. The Bertz CT molecular complexity index is 356. The van der Waals surface area contributed by atoms with Crippen molar-refractivity contribution in [1.82, 2.24) is 0 Å². The maximum Gasteiger partial charge on any atom is 0.0771 e. The van der Waals surface area contributed by atoms with Gasteiger partial charge in [-0.2, -0.15) is 0 Å². The van der Waals surface area contributed by atoms with E-state index in [-0.39, 0.29) is 0 Å². The first-order valence-corrected chi connectivity index (χ1v) is 4.36. The highest BCUT2D eigenvalue weighted by molar-refractivity contribution is 5.80. The quantitative estimate of drug-likeness (QED) is 0.479. The number of hydrogen-bond donors (Lipinski definition) is 0. The van der Waals surface area contributed by atoms with Gasteiger partial charge in [0.15, 0.2) is 0 Å². The van der Waals surface area contributed by atoms with Gasteiger partial charge in [0, 0.05) is 0 Å². The number of rotatable bonds is 2. The van der Waals surface area contributed by atoms with E-state index < -0.39 is 0 Å². The molecule has 0 amide bonds. The Morgan fingerprint density at radius 2 is 2.31 bits per heavy atom. The summed E-state index contributed by atoms with van der Waals surface area (Å²) in [4.78, 5) is 4.14. The molecule has 0 aliphatic carbocycles. The minimum absolute atomic E-state index is 0.954. The van der Waals surface area contributed by atoms with Gasteiger partial charge in [-0.3, -0.25) is 0 Å². The molecule has 0 aliphatic heterocycles. The summed E-state index contributed by atoms with van der Waals surface area (Å²) in [6.07, 6.45) is 7.62. The van der Waals surface area contributed by atoms with Crippen LogP contribution < -0.4 is 0 Å². The van der Waals surface area contributed by atoms with Gasteiger partial charge in [0.05, 0.1) is 11.9 Å². The summed E-state index contributed by atoms with van der Waals surface area (Å²) in [6, 6.07) is 6.22. The molecular weight excluding hydrogens is 158 g/mol.